The molecular formula is C13H23N3O. The van der Waals surface area contributed by atoms with E-state index in [1.165, 1.54) is 12.8 Å². The molecule has 4 heteroatoms. The number of likely N-dealkylation sites (tertiary alicyclic amines) is 1. The molecule has 4 nitrogen and oxygen atoms in total. The van der Waals surface area contributed by atoms with Crippen molar-refractivity contribution < 1.29 is 4.74 Å². The zero-order valence-corrected chi connectivity index (χ0v) is 11.1. The highest BCUT2D eigenvalue weighted by Crippen LogP contribution is 2.40. The number of ether oxygens (including phenoxy) is 1. The van der Waals surface area contributed by atoms with Gasteiger partial charge in [0, 0.05) is 6.04 Å². The monoisotopic (exact) mass is 237 g/mol. The second-order valence-electron chi connectivity index (χ2n) is 5.81. The van der Waals surface area contributed by atoms with E-state index in [9.17, 15) is 5.26 Å². The van der Waals surface area contributed by atoms with Crippen molar-refractivity contribution in [3.63, 3.8) is 0 Å². The van der Waals surface area contributed by atoms with E-state index in [2.05, 4.69) is 37.0 Å². The van der Waals surface area contributed by atoms with Gasteiger partial charge in [0.2, 0.25) is 0 Å². The summed E-state index contributed by atoms with van der Waals surface area (Å²) in [4.78, 5) is 4.61. The van der Waals surface area contributed by atoms with E-state index < -0.39 is 0 Å². The molecule has 2 heterocycles. The molecule has 96 valence electrons. The minimum absolute atomic E-state index is 0.260. The van der Waals surface area contributed by atoms with Crippen LogP contribution in [0, 0.1) is 22.7 Å². The number of hydrogen-bond acceptors (Lipinski definition) is 4. The lowest BCUT2D eigenvalue weighted by atomic mass is 9.70. The van der Waals surface area contributed by atoms with Crippen LogP contribution in [0.15, 0.2) is 0 Å². The Bertz CT molecular complexity index is 298. The molecule has 0 aromatic rings. The van der Waals surface area contributed by atoms with E-state index in [4.69, 9.17) is 4.74 Å². The molecule has 2 aliphatic rings. The number of rotatable bonds is 3. The number of piperidine rings is 1. The van der Waals surface area contributed by atoms with Crippen molar-refractivity contribution in [2.75, 3.05) is 47.4 Å². The van der Waals surface area contributed by atoms with Crippen LogP contribution in [0.5, 0.6) is 0 Å². The Kier molecular flexibility index (Phi) is 3.72. The average Bonchev–Trinajstić information content (AvgIpc) is 2.24. The van der Waals surface area contributed by atoms with E-state index in [1.807, 2.05) is 0 Å². The summed E-state index contributed by atoms with van der Waals surface area (Å²) in [7, 11) is 6.37. The van der Waals surface area contributed by atoms with Crippen LogP contribution in [0.1, 0.15) is 12.8 Å². The van der Waals surface area contributed by atoms with Crippen LogP contribution in [0.25, 0.3) is 0 Å². The molecule has 17 heavy (non-hydrogen) atoms. The molecule has 2 rings (SSSR count). The molecule has 2 aliphatic heterocycles. The molecule has 0 amide bonds. The molecule has 0 aromatic heterocycles. The Morgan fingerprint density at radius 3 is 2.29 bits per heavy atom. The molecule has 1 unspecified atom stereocenters. The van der Waals surface area contributed by atoms with Gasteiger partial charge in [-0.05, 0) is 53.0 Å². The second kappa shape index (κ2) is 4.93. The number of nitriles is 1. The minimum atomic E-state index is -0.260. The van der Waals surface area contributed by atoms with Crippen molar-refractivity contribution in [2.45, 2.75) is 18.9 Å². The third-order valence-electron chi connectivity index (χ3n) is 4.27. The Morgan fingerprint density at radius 2 is 1.94 bits per heavy atom. The zero-order chi connectivity index (χ0) is 12.5. The molecule has 1 atom stereocenters. The molecule has 0 N–H and O–H groups in total. The first kappa shape index (κ1) is 12.8. The van der Waals surface area contributed by atoms with Gasteiger partial charge in [0.05, 0.1) is 19.3 Å². The third-order valence-corrected chi connectivity index (χ3v) is 4.27. The maximum Gasteiger partial charge on any atom is 0.119 e. The molecule has 2 saturated heterocycles. The van der Waals surface area contributed by atoms with Gasteiger partial charge in [-0.3, -0.25) is 0 Å². The first-order valence-electron chi connectivity index (χ1n) is 6.43. The molecule has 0 saturated carbocycles. The summed E-state index contributed by atoms with van der Waals surface area (Å²) in [6, 6.07) is 2.87. The predicted octanol–water partition coefficient (Wildman–Crippen LogP) is 0.799. The van der Waals surface area contributed by atoms with Crippen molar-refractivity contribution in [1.82, 2.24) is 9.80 Å². The summed E-state index contributed by atoms with van der Waals surface area (Å²) in [5.74, 6) is 0.629. The largest absolute Gasteiger partial charge is 0.378 e. The van der Waals surface area contributed by atoms with Gasteiger partial charge in [-0.25, -0.2) is 0 Å². The highest BCUT2D eigenvalue weighted by molar-refractivity contribution is 5.12. The number of nitrogens with zero attached hydrogens (tertiary/aromatic N) is 3. The molecule has 2 fully saturated rings. The van der Waals surface area contributed by atoms with Gasteiger partial charge in [0.1, 0.15) is 5.41 Å². The molecule has 0 aliphatic carbocycles. The average molecular weight is 237 g/mol. The highest BCUT2D eigenvalue weighted by Gasteiger charge is 2.50. The number of hydrogen-bond donors (Lipinski definition) is 0. The van der Waals surface area contributed by atoms with Gasteiger partial charge in [-0.1, -0.05) is 0 Å². The van der Waals surface area contributed by atoms with Crippen LogP contribution in [0.4, 0.5) is 0 Å². The fraction of sp³-hybridized carbons (Fsp3) is 0.923. The quantitative estimate of drug-likeness (QED) is 0.728. The fourth-order valence-electron chi connectivity index (χ4n) is 3.33. The zero-order valence-electron chi connectivity index (χ0n) is 11.1. The van der Waals surface area contributed by atoms with Gasteiger partial charge in [0.25, 0.3) is 0 Å². The van der Waals surface area contributed by atoms with E-state index in [0.717, 1.165) is 13.1 Å². The van der Waals surface area contributed by atoms with Crippen LogP contribution in [-0.2, 0) is 4.74 Å². The third kappa shape index (κ3) is 2.33. The Labute approximate surface area is 104 Å². The van der Waals surface area contributed by atoms with Crippen molar-refractivity contribution in [1.29, 1.82) is 5.26 Å². The second-order valence-corrected chi connectivity index (χ2v) is 5.81. The van der Waals surface area contributed by atoms with E-state index in [1.54, 1.807) is 0 Å². The van der Waals surface area contributed by atoms with Crippen LogP contribution >= 0.6 is 0 Å². The standard InChI is InChI=1S/C13H23N3O/c1-15(2)12(13(8-14)9-17-10-13)11-4-6-16(3)7-5-11/h11-12H,4-7,9-10H2,1-3H3. The van der Waals surface area contributed by atoms with Crippen LogP contribution in [0.2, 0.25) is 0 Å². The van der Waals surface area contributed by atoms with E-state index in [0.29, 0.717) is 25.2 Å². The predicted molar refractivity (Wildman–Crippen MR) is 66.6 cm³/mol. The summed E-state index contributed by atoms with van der Waals surface area (Å²) in [6.07, 6.45) is 2.39. The minimum Gasteiger partial charge on any atom is -0.378 e. The Morgan fingerprint density at radius 1 is 1.35 bits per heavy atom. The van der Waals surface area contributed by atoms with Crippen molar-refractivity contribution >= 4 is 0 Å². The lowest BCUT2D eigenvalue weighted by Crippen LogP contribution is -2.59. The van der Waals surface area contributed by atoms with E-state index >= 15 is 0 Å². The lowest BCUT2D eigenvalue weighted by molar-refractivity contribution is -0.130. The molecule has 0 spiro atoms. The lowest BCUT2D eigenvalue weighted by Gasteiger charge is -2.49. The smallest absolute Gasteiger partial charge is 0.119 e. The molecular weight excluding hydrogens is 214 g/mol. The first-order valence-corrected chi connectivity index (χ1v) is 6.43. The van der Waals surface area contributed by atoms with Crippen LogP contribution in [-0.4, -0.2) is 63.3 Å². The summed E-state index contributed by atoms with van der Waals surface area (Å²) in [6.45, 7) is 3.52. The van der Waals surface area contributed by atoms with Crippen molar-refractivity contribution in [3.05, 3.63) is 0 Å². The summed E-state index contributed by atoms with van der Waals surface area (Å²) >= 11 is 0. The Hall–Kier alpha value is -0.630. The van der Waals surface area contributed by atoms with Crippen molar-refractivity contribution in [2.24, 2.45) is 11.3 Å². The topological polar surface area (TPSA) is 39.5 Å². The highest BCUT2D eigenvalue weighted by atomic mass is 16.5. The normalized spacial score (nSPS) is 27.5. The fourth-order valence-corrected chi connectivity index (χ4v) is 3.33. The SMILES string of the molecule is CN1CCC(C(N(C)C)C2(C#N)COC2)CC1. The molecule has 0 aromatic carbocycles. The van der Waals surface area contributed by atoms with Crippen LogP contribution < -0.4 is 0 Å². The maximum absolute atomic E-state index is 9.47. The maximum atomic E-state index is 9.47. The van der Waals surface area contributed by atoms with Gasteiger partial charge in [-0.15, -0.1) is 0 Å². The summed E-state index contributed by atoms with van der Waals surface area (Å²) in [5.41, 5.74) is -0.260. The van der Waals surface area contributed by atoms with Gasteiger partial charge in [-0.2, -0.15) is 5.26 Å². The summed E-state index contributed by atoms with van der Waals surface area (Å²) < 4.78 is 5.31. The van der Waals surface area contributed by atoms with Gasteiger partial charge >= 0.3 is 0 Å². The van der Waals surface area contributed by atoms with E-state index in [-0.39, 0.29) is 5.41 Å². The van der Waals surface area contributed by atoms with Gasteiger partial charge < -0.3 is 14.5 Å². The van der Waals surface area contributed by atoms with Crippen molar-refractivity contribution in [3.8, 4) is 6.07 Å². The summed E-state index contributed by atoms with van der Waals surface area (Å²) in [5, 5.41) is 9.47. The van der Waals surface area contributed by atoms with Crippen LogP contribution in [0.3, 0.4) is 0 Å². The van der Waals surface area contributed by atoms with Gasteiger partial charge in [0.15, 0.2) is 0 Å². The molecule has 0 radical (unpaired) electrons. The Balaban J connectivity index is 2.10. The first-order chi connectivity index (χ1) is 8.09. The molecule has 0 bridgehead atoms.